The predicted octanol–water partition coefficient (Wildman–Crippen LogP) is 11.6. The van der Waals surface area contributed by atoms with Crippen LogP contribution in [-0.4, -0.2) is 20.8 Å². The summed E-state index contributed by atoms with van der Waals surface area (Å²) in [6, 6.07) is 0. The molecule has 0 amide bonds. The molecule has 5 atom stereocenters. The van der Waals surface area contributed by atoms with Crippen LogP contribution in [0.4, 0.5) is 4.39 Å². The van der Waals surface area contributed by atoms with E-state index in [1.165, 1.54) is 83.5 Å². The number of halogens is 2. The van der Waals surface area contributed by atoms with E-state index in [-0.39, 0.29) is 12.0 Å². The third-order valence-corrected chi connectivity index (χ3v) is 12.0. The molecule has 0 aromatic carbocycles. The number of aliphatic hydroxyl groups excluding tert-OH is 1. The van der Waals surface area contributed by atoms with E-state index in [4.69, 9.17) is 0 Å². The molecule has 0 aliphatic heterocycles. The molecule has 2 aliphatic rings. The summed E-state index contributed by atoms with van der Waals surface area (Å²) in [5.74, 6) is 4.43. The summed E-state index contributed by atoms with van der Waals surface area (Å²) >= 11 is 2.59. The van der Waals surface area contributed by atoms with Gasteiger partial charge in [-0.15, -0.1) is 0 Å². The Balaban J connectivity index is 1.64. The monoisotopic (exact) mass is 648 g/mol. The third kappa shape index (κ3) is 12.2. The van der Waals surface area contributed by atoms with Gasteiger partial charge in [-0.1, -0.05) is 96.2 Å². The van der Waals surface area contributed by atoms with Crippen LogP contribution in [0.1, 0.15) is 158 Å². The Kier molecular flexibility index (Phi) is 14.9. The molecule has 2 saturated carbocycles. The van der Waals surface area contributed by atoms with Gasteiger partial charge in [0.15, 0.2) is 0 Å². The summed E-state index contributed by atoms with van der Waals surface area (Å²) in [5.41, 5.74) is -0.701. The maximum absolute atomic E-state index is 14.3. The van der Waals surface area contributed by atoms with E-state index in [9.17, 15) is 9.50 Å². The minimum absolute atomic E-state index is 0.120. The molecule has 226 valence electrons. The summed E-state index contributed by atoms with van der Waals surface area (Å²) in [6.45, 7) is 18.0. The van der Waals surface area contributed by atoms with Crippen LogP contribution in [0.15, 0.2) is 0 Å². The predicted molar refractivity (Wildman–Crippen MR) is 174 cm³/mol. The lowest BCUT2D eigenvalue weighted by Crippen LogP contribution is -2.33. The van der Waals surface area contributed by atoms with Crippen LogP contribution in [0.5, 0.6) is 0 Å². The SMILES string of the molecule is CCC(CCCC[C@@H](C)C[C@@H](C)CC(C)(C)CC(C)C(O)C1CCC(I)CC1)C1CCC(C(C)(C)F)CC1. The van der Waals surface area contributed by atoms with Gasteiger partial charge in [0.2, 0.25) is 0 Å². The lowest BCUT2D eigenvalue weighted by atomic mass is 9.70. The van der Waals surface area contributed by atoms with Crippen molar-refractivity contribution in [2.75, 3.05) is 0 Å². The molecule has 2 aliphatic carbocycles. The summed E-state index contributed by atoms with van der Waals surface area (Å²) < 4.78 is 15.2. The van der Waals surface area contributed by atoms with Crippen LogP contribution in [-0.2, 0) is 0 Å². The molecule has 3 unspecified atom stereocenters. The van der Waals surface area contributed by atoms with Gasteiger partial charge >= 0.3 is 0 Å². The first-order valence-corrected chi connectivity index (χ1v) is 18.0. The fourth-order valence-corrected chi connectivity index (χ4v) is 9.46. The largest absolute Gasteiger partial charge is 0.393 e. The zero-order valence-corrected chi connectivity index (χ0v) is 28.9. The van der Waals surface area contributed by atoms with Gasteiger partial charge in [-0.25, -0.2) is 4.39 Å². The summed E-state index contributed by atoms with van der Waals surface area (Å²) in [4.78, 5) is 0. The van der Waals surface area contributed by atoms with Crippen LogP contribution >= 0.6 is 22.6 Å². The fourth-order valence-electron chi connectivity index (χ4n) is 8.74. The first kappa shape index (κ1) is 34.8. The molecular weight excluding hydrogens is 582 g/mol. The first-order valence-electron chi connectivity index (χ1n) is 16.7. The van der Waals surface area contributed by atoms with Gasteiger partial charge in [-0.05, 0) is 131 Å². The molecule has 0 radical (unpaired) electrons. The molecule has 0 aromatic rings. The number of unbranched alkanes of at least 4 members (excludes halogenated alkanes) is 1. The minimum Gasteiger partial charge on any atom is -0.393 e. The molecule has 38 heavy (non-hydrogen) atoms. The number of hydrogen-bond donors (Lipinski definition) is 1. The number of hydrogen-bond acceptors (Lipinski definition) is 1. The lowest BCUT2D eigenvalue weighted by Gasteiger charge is -2.37. The van der Waals surface area contributed by atoms with E-state index >= 15 is 0 Å². The van der Waals surface area contributed by atoms with Gasteiger partial charge in [0.05, 0.1) is 6.10 Å². The normalized spacial score (nSPS) is 29.4. The maximum Gasteiger partial charge on any atom is 0.108 e. The van der Waals surface area contributed by atoms with E-state index in [1.54, 1.807) is 13.8 Å². The fraction of sp³-hybridized carbons (Fsp3) is 1.00. The van der Waals surface area contributed by atoms with Crippen molar-refractivity contribution in [1.82, 2.24) is 0 Å². The van der Waals surface area contributed by atoms with Crippen molar-refractivity contribution in [3.8, 4) is 0 Å². The Labute approximate surface area is 251 Å². The minimum atomic E-state index is -0.998. The molecule has 3 heteroatoms. The molecular formula is C35H66FIO. The molecule has 2 rings (SSSR count). The molecule has 0 saturated heterocycles. The van der Waals surface area contributed by atoms with Crippen molar-refractivity contribution in [2.24, 2.45) is 46.8 Å². The van der Waals surface area contributed by atoms with E-state index in [0.29, 0.717) is 17.3 Å². The number of rotatable bonds is 16. The van der Waals surface area contributed by atoms with Crippen molar-refractivity contribution in [3.63, 3.8) is 0 Å². The van der Waals surface area contributed by atoms with Gasteiger partial charge < -0.3 is 5.11 Å². The van der Waals surface area contributed by atoms with E-state index in [1.807, 2.05) is 0 Å². The first-order chi connectivity index (χ1) is 17.7. The second-order valence-electron chi connectivity index (χ2n) is 15.6. The van der Waals surface area contributed by atoms with Gasteiger partial charge in [-0.3, -0.25) is 0 Å². The average molecular weight is 649 g/mol. The summed E-state index contributed by atoms with van der Waals surface area (Å²) in [7, 11) is 0. The second kappa shape index (κ2) is 16.3. The van der Waals surface area contributed by atoms with Crippen molar-refractivity contribution in [2.45, 2.75) is 174 Å². The Morgan fingerprint density at radius 3 is 1.89 bits per heavy atom. The number of aliphatic hydroxyl groups is 1. The third-order valence-electron chi connectivity index (χ3n) is 10.8. The molecule has 1 N–H and O–H groups in total. The molecule has 0 bridgehead atoms. The van der Waals surface area contributed by atoms with E-state index in [0.717, 1.165) is 46.9 Å². The van der Waals surface area contributed by atoms with Gasteiger partial charge in [0.25, 0.3) is 0 Å². The summed E-state index contributed by atoms with van der Waals surface area (Å²) in [5, 5.41) is 11.1. The topological polar surface area (TPSA) is 20.2 Å². The van der Waals surface area contributed by atoms with Gasteiger partial charge in [-0.2, -0.15) is 0 Å². The molecule has 0 heterocycles. The highest BCUT2D eigenvalue weighted by molar-refractivity contribution is 14.1. The average Bonchev–Trinajstić information content (AvgIpc) is 2.83. The molecule has 2 fully saturated rings. The Bertz CT molecular complexity index is 626. The quantitative estimate of drug-likeness (QED) is 0.100. The Hall–Kier alpha value is 0.620. The zero-order chi connectivity index (χ0) is 28.5. The highest BCUT2D eigenvalue weighted by atomic mass is 127. The molecule has 0 spiro atoms. The maximum atomic E-state index is 14.3. The Morgan fingerprint density at radius 1 is 0.789 bits per heavy atom. The van der Waals surface area contributed by atoms with Gasteiger partial charge in [0, 0.05) is 3.92 Å². The molecule has 0 aromatic heterocycles. The van der Waals surface area contributed by atoms with Crippen LogP contribution in [0.3, 0.4) is 0 Å². The standard InChI is InChI=1S/C35H66FIO/c1-9-28(29-14-18-31(19-15-29)35(7,8)36)13-11-10-12-25(2)22-26(3)23-34(5,6)24-27(4)33(38)30-16-20-32(37)21-17-30/h25-33,38H,9-24H2,1-8H3/t25-,26-,27?,28?,29?,30?,31?,32?,33?/m1/s1. The second-order valence-corrected chi connectivity index (χ2v) is 17.4. The van der Waals surface area contributed by atoms with E-state index < -0.39 is 5.67 Å². The van der Waals surface area contributed by atoms with Crippen LogP contribution < -0.4 is 0 Å². The number of alkyl halides is 2. The van der Waals surface area contributed by atoms with Crippen molar-refractivity contribution in [3.05, 3.63) is 0 Å². The van der Waals surface area contributed by atoms with Crippen molar-refractivity contribution in [1.29, 1.82) is 0 Å². The summed E-state index contributed by atoms with van der Waals surface area (Å²) in [6.07, 6.45) is 20.0. The smallest absolute Gasteiger partial charge is 0.108 e. The van der Waals surface area contributed by atoms with E-state index in [2.05, 4.69) is 64.1 Å². The zero-order valence-electron chi connectivity index (χ0n) is 26.7. The van der Waals surface area contributed by atoms with Gasteiger partial charge in [0.1, 0.15) is 5.67 Å². The lowest BCUT2D eigenvalue weighted by molar-refractivity contribution is 0.0202. The van der Waals surface area contributed by atoms with Crippen molar-refractivity contribution < 1.29 is 9.50 Å². The van der Waals surface area contributed by atoms with Crippen LogP contribution in [0.2, 0.25) is 0 Å². The highest BCUT2D eigenvalue weighted by Crippen LogP contribution is 2.42. The van der Waals surface area contributed by atoms with Crippen molar-refractivity contribution >= 4 is 22.6 Å². The Morgan fingerprint density at radius 2 is 1.34 bits per heavy atom. The highest BCUT2D eigenvalue weighted by Gasteiger charge is 2.35. The van der Waals surface area contributed by atoms with Crippen LogP contribution in [0, 0.1) is 46.8 Å². The van der Waals surface area contributed by atoms with Crippen LogP contribution in [0.25, 0.3) is 0 Å². The molecule has 1 nitrogen and oxygen atoms in total.